The molecule has 0 aromatic heterocycles. The van der Waals surface area contributed by atoms with Crippen LogP contribution in [-0.2, 0) is 0 Å². The second kappa shape index (κ2) is 15.7. The van der Waals surface area contributed by atoms with Crippen molar-refractivity contribution < 1.29 is 0 Å². The lowest BCUT2D eigenvalue weighted by Gasteiger charge is -2.00. The van der Waals surface area contributed by atoms with Gasteiger partial charge in [-0.25, -0.2) is 0 Å². The van der Waals surface area contributed by atoms with Crippen molar-refractivity contribution in [3.05, 3.63) is 0 Å². The highest BCUT2D eigenvalue weighted by Crippen LogP contribution is 2.10. The van der Waals surface area contributed by atoms with Gasteiger partial charge in [0.1, 0.15) is 0 Å². The third-order valence-electron chi connectivity index (χ3n) is 2.94. The van der Waals surface area contributed by atoms with Crippen LogP contribution in [0.1, 0.15) is 77.6 Å². The number of hydrogen-bond acceptors (Lipinski definition) is 0. The lowest BCUT2D eigenvalue weighted by molar-refractivity contribution is 0.558. The fourth-order valence-electron chi connectivity index (χ4n) is 1.87. The standard InChI is InChI=1S/C18H26/c1-3-5-7-9-11-13-15-17-18-16-14-12-10-8-6-4-2/h1H,4,6,8,10,12-18H2,2H3. The maximum atomic E-state index is 4.98. The molecule has 0 saturated carbocycles. The minimum absolute atomic E-state index is 0.954. The zero-order valence-corrected chi connectivity index (χ0v) is 11.9. The summed E-state index contributed by atoms with van der Waals surface area (Å²) in [5.41, 5.74) is 0. The van der Waals surface area contributed by atoms with Crippen molar-refractivity contribution >= 4 is 0 Å². The molecule has 0 saturated heterocycles. The third-order valence-corrected chi connectivity index (χ3v) is 2.94. The molecule has 0 bridgehead atoms. The Labute approximate surface area is 114 Å². The van der Waals surface area contributed by atoms with Crippen molar-refractivity contribution in [3.63, 3.8) is 0 Å². The van der Waals surface area contributed by atoms with E-state index in [-0.39, 0.29) is 0 Å². The first-order chi connectivity index (χ1) is 8.91. The summed E-state index contributed by atoms with van der Waals surface area (Å²) in [7, 11) is 0. The Balaban J connectivity index is 3.11. The third kappa shape index (κ3) is 14.7. The summed E-state index contributed by atoms with van der Waals surface area (Å²) in [4.78, 5) is 0. The number of terminal acetylenes is 1. The Kier molecular flexibility index (Phi) is 14.5. The average Bonchev–Trinajstić information content (AvgIpc) is 2.39. The van der Waals surface area contributed by atoms with Gasteiger partial charge < -0.3 is 0 Å². The molecule has 0 aliphatic heterocycles. The molecule has 18 heavy (non-hydrogen) atoms. The van der Waals surface area contributed by atoms with Gasteiger partial charge in [0.25, 0.3) is 0 Å². The van der Waals surface area contributed by atoms with E-state index in [0.717, 1.165) is 6.42 Å². The maximum Gasteiger partial charge on any atom is 0.00989 e. The maximum absolute atomic E-state index is 4.98. The molecule has 0 atom stereocenters. The van der Waals surface area contributed by atoms with Crippen LogP contribution < -0.4 is 0 Å². The second-order valence-electron chi connectivity index (χ2n) is 4.63. The Morgan fingerprint density at radius 3 is 1.78 bits per heavy atom. The molecule has 0 N–H and O–H groups in total. The molecule has 0 unspecified atom stereocenters. The Morgan fingerprint density at radius 2 is 1.22 bits per heavy atom. The molecule has 0 spiro atoms. The summed E-state index contributed by atoms with van der Waals surface area (Å²) in [6.07, 6.45) is 19.6. The topological polar surface area (TPSA) is 0 Å². The molecule has 0 heteroatoms. The van der Waals surface area contributed by atoms with E-state index < -0.39 is 0 Å². The van der Waals surface area contributed by atoms with E-state index in [2.05, 4.69) is 36.5 Å². The Morgan fingerprint density at radius 1 is 0.667 bits per heavy atom. The number of hydrogen-bond donors (Lipinski definition) is 0. The van der Waals surface area contributed by atoms with E-state index in [1.807, 2.05) is 0 Å². The van der Waals surface area contributed by atoms with Crippen molar-refractivity contribution in [2.75, 3.05) is 0 Å². The first-order valence-corrected chi connectivity index (χ1v) is 7.35. The van der Waals surface area contributed by atoms with E-state index in [1.165, 1.54) is 64.2 Å². The molecular formula is C18H26. The second-order valence-corrected chi connectivity index (χ2v) is 4.63. The van der Waals surface area contributed by atoms with Crippen LogP contribution in [0.4, 0.5) is 0 Å². The van der Waals surface area contributed by atoms with E-state index >= 15 is 0 Å². The van der Waals surface area contributed by atoms with Gasteiger partial charge in [-0.05, 0) is 30.1 Å². The molecule has 0 aliphatic rings. The van der Waals surface area contributed by atoms with Crippen LogP contribution in [0.15, 0.2) is 0 Å². The minimum Gasteiger partial charge on any atom is -0.106 e. The summed E-state index contributed by atoms with van der Waals surface area (Å²) in [6.45, 7) is 2.26. The lowest BCUT2D eigenvalue weighted by atomic mass is 10.1. The van der Waals surface area contributed by atoms with Gasteiger partial charge in [0.15, 0.2) is 0 Å². The van der Waals surface area contributed by atoms with Crippen molar-refractivity contribution in [1.29, 1.82) is 0 Å². The average molecular weight is 242 g/mol. The Hall–Kier alpha value is -1.32. The highest BCUT2D eigenvalue weighted by atomic mass is 14.0. The zero-order valence-electron chi connectivity index (χ0n) is 11.9. The normalized spacial score (nSPS) is 8.67. The van der Waals surface area contributed by atoms with Gasteiger partial charge in [-0.1, -0.05) is 70.6 Å². The summed E-state index contributed by atoms with van der Waals surface area (Å²) in [5.74, 6) is 13.2. The van der Waals surface area contributed by atoms with Gasteiger partial charge in [-0.3, -0.25) is 0 Å². The van der Waals surface area contributed by atoms with Gasteiger partial charge in [-0.2, -0.15) is 0 Å². The van der Waals surface area contributed by atoms with Gasteiger partial charge in [0, 0.05) is 6.42 Å². The molecule has 0 heterocycles. The van der Waals surface area contributed by atoms with Gasteiger partial charge in [0.2, 0.25) is 0 Å². The van der Waals surface area contributed by atoms with Crippen molar-refractivity contribution in [2.45, 2.75) is 77.6 Å². The van der Waals surface area contributed by atoms with Crippen molar-refractivity contribution in [1.82, 2.24) is 0 Å². The summed E-state index contributed by atoms with van der Waals surface area (Å²) < 4.78 is 0. The smallest absolute Gasteiger partial charge is 0.00989 e. The largest absolute Gasteiger partial charge is 0.106 e. The molecule has 0 radical (unpaired) electrons. The van der Waals surface area contributed by atoms with E-state index in [0.29, 0.717) is 0 Å². The molecule has 0 aromatic carbocycles. The van der Waals surface area contributed by atoms with Gasteiger partial charge in [-0.15, -0.1) is 6.42 Å². The van der Waals surface area contributed by atoms with Crippen LogP contribution in [0, 0.1) is 36.0 Å². The summed E-state index contributed by atoms with van der Waals surface area (Å²) in [6, 6.07) is 0. The fraction of sp³-hybridized carbons (Fsp3) is 0.667. The van der Waals surface area contributed by atoms with E-state index in [4.69, 9.17) is 6.42 Å². The predicted molar refractivity (Wildman–Crippen MR) is 80.8 cm³/mol. The first kappa shape index (κ1) is 16.7. The van der Waals surface area contributed by atoms with Crippen molar-refractivity contribution in [3.8, 4) is 36.0 Å². The molecule has 0 fully saturated rings. The molecule has 0 rings (SSSR count). The Bertz CT molecular complexity index is 321. The van der Waals surface area contributed by atoms with Crippen LogP contribution in [0.25, 0.3) is 0 Å². The monoisotopic (exact) mass is 242 g/mol. The summed E-state index contributed by atoms with van der Waals surface area (Å²) in [5, 5.41) is 0. The SMILES string of the molecule is C#CC#CC#CCCCCCCCCCCCC. The van der Waals surface area contributed by atoms with E-state index in [1.54, 1.807) is 0 Å². The van der Waals surface area contributed by atoms with Crippen LogP contribution in [-0.4, -0.2) is 0 Å². The number of rotatable bonds is 10. The van der Waals surface area contributed by atoms with Crippen LogP contribution >= 0.6 is 0 Å². The predicted octanol–water partition coefficient (Wildman–Crippen LogP) is 4.94. The highest BCUT2D eigenvalue weighted by molar-refractivity contribution is 5.33. The first-order valence-electron chi connectivity index (χ1n) is 7.35. The summed E-state index contributed by atoms with van der Waals surface area (Å²) >= 11 is 0. The molecule has 0 amide bonds. The molecular weight excluding hydrogens is 216 g/mol. The van der Waals surface area contributed by atoms with Crippen molar-refractivity contribution in [2.24, 2.45) is 0 Å². The van der Waals surface area contributed by atoms with Gasteiger partial charge >= 0.3 is 0 Å². The molecule has 0 nitrogen and oxygen atoms in total. The molecule has 98 valence electrons. The van der Waals surface area contributed by atoms with Crippen LogP contribution in [0.5, 0.6) is 0 Å². The van der Waals surface area contributed by atoms with Crippen LogP contribution in [0.2, 0.25) is 0 Å². The molecule has 0 aliphatic carbocycles. The highest BCUT2D eigenvalue weighted by Gasteiger charge is 1.91. The number of unbranched alkanes of at least 4 members (excludes halogenated alkanes) is 10. The van der Waals surface area contributed by atoms with Gasteiger partial charge in [0.05, 0.1) is 0 Å². The lowest BCUT2D eigenvalue weighted by Crippen LogP contribution is -1.81. The van der Waals surface area contributed by atoms with E-state index in [9.17, 15) is 0 Å². The van der Waals surface area contributed by atoms with Crippen LogP contribution in [0.3, 0.4) is 0 Å². The zero-order chi connectivity index (χ0) is 13.3. The minimum atomic E-state index is 0.954. The fourth-order valence-corrected chi connectivity index (χ4v) is 1.87. The molecule has 0 aromatic rings. The quantitative estimate of drug-likeness (QED) is 0.376.